The third-order valence-electron chi connectivity index (χ3n) is 4.31. The highest BCUT2D eigenvalue weighted by Crippen LogP contribution is 2.29. The molecule has 2 N–H and O–H groups in total. The molecule has 3 rings (SSSR count). The predicted molar refractivity (Wildman–Crippen MR) is 95.6 cm³/mol. The average Bonchev–Trinajstić information content (AvgIpc) is 3.12. The Morgan fingerprint density at radius 1 is 0.957 bits per heavy atom. The van der Waals surface area contributed by atoms with E-state index in [0.717, 1.165) is 18.5 Å². The number of hydrogen-bond acceptors (Lipinski definition) is 2. The number of aromatic amines is 1. The third kappa shape index (κ3) is 3.69. The molecule has 0 aliphatic rings. The van der Waals surface area contributed by atoms with Crippen molar-refractivity contribution in [1.82, 2.24) is 15.5 Å². The van der Waals surface area contributed by atoms with Crippen molar-refractivity contribution in [2.24, 2.45) is 0 Å². The van der Waals surface area contributed by atoms with Gasteiger partial charge in [0.25, 0.3) is 0 Å². The maximum absolute atomic E-state index is 4.02. The zero-order valence-electron chi connectivity index (χ0n) is 13.7. The van der Waals surface area contributed by atoms with Crippen molar-refractivity contribution >= 4 is 0 Å². The summed E-state index contributed by atoms with van der Waals surface area (Å²) in [5, 5.41) is 10.2. The second kappa shape index (κ2) is 7.25. The zero-order valence-corrected chi connectivity index (χ0v) is 13.7. The van der Waals surface area contributed by atoms with Crippen molar-refractivity contribution in [3.63, 3.8) is 0 Å². The average molecular weight is 305 g/mol. The van der Waals surface area contributed by atoms with Crippen molar-refractivity contribution in [3.8, 4) is 11.1 Å². The quantitative estimate of drug-likeness (QED) is 0.719. The van der Waals surface area contributed by atoms with Crippen LogP contribution in [0.1, 0.15) is 29.0 Å². The smallest absolute Gasteiger partial charge is 0.0565 e. The third-order valence-corrected chi connectivity index (χ3v) is 4.31. The molecular weight excluding hydrogens is 282 g/mol. The van der Waals surface area contributed by atoms with Crippen LogP contribution in [0.25, 0.3) is 11.1 Å². The molecule has 1 atom stereocenters. The van der Waals surface area contributed by atoms with E-state index in [0.29, 0.717) is 5.92 Å². The monoisotopic (exact) mass is 305 g/mol. The molecule has 0 aliphatic carbocycles. The Balaban J connectivity index is 1.88. The first-order valence-corrected chi connectivity index (χ1v) is 8.08. The van der Waals surface area contributed by atoms with E-state index < -0.39 is 0 Å². The number of nitrogens with zero attached hydrogens (tertiary/aromatic N) is 1. The van der Waals surface area contributed by atoms with Crippen LogP contribution in [0.4, 0.5) is 0 Å². The molecule has 3 heteroatoms. The highest BCUT2D eigenvalue weighted by atomic mass is 15.1. The van der Waals surface area contributed by atoms with Crippen molar-refractivity contribution in [3.05, 3.63) is 77.6 Å². The van der Waals surface area contributed by atoms with Crippen LogP contribution in [-0.2, 0) is 0 Å². The van der Waals surface area contributed by atoms with E-state index >= 15 is 0 Å². The van der Waals surface area contributed by atoms with Gasteiger partial charge in [-0.15, -0.1) is 0 Å². The lowest BCUT2D eigenvalue weighted by molar-refractivity contribution is 0.661. The molecule has 2 aromatic carbocycles. The number of nitrogens with one attached hydrogen (secondary N) is 2. The Labute approximate surface area is 137 Å². The molecule has 0 radical (unpaired) electrons. The number of benzene rings is 2. The van der Waals surface area contributed by atoms with Crippen LogP contribution in [-0.4, -0.2) is 23.8 Å². The largest absolute Gasteiger partial charge is 0.320 e. The highest BCUT2D eigenvalue weighted by molar-refractivity contribution is 5.62. The maximum Gasteiger partial charge on any atom is 0.0565 e. The first-order valence-electron chi connectivity index (χ1n) is 8.08. The Hall–Kier alpha value is -2.39. The van der Waals surface area contributed by atoms with Crippen molar-refractivity contribution < 1.29 is 0 Å². The summed E-state index contributed by atoms with van der Waals surface area (Å²) < 4.78 is 0. The molecule has 23 heavy (non-hydrogen) atoms. The lowest BCUT2D eigenvalue weighted by atomic mass is 9.87. The molecule has 118 valence electrons. The Morgan fingerprint density at radius 2 is 1.61 bits per heavy atom. The van der Waals surface area contributed by atoms with E-state index in [9.17, 15) is 0 Å². The molecule has 0 amide bonds. The Morgan fingerprint density at radius 3 is 2.17 bits per heavy atom. The lowest BCUT2D eigenvalue weighted by Gasteiger charge is -2.18. The fourth-order valence-corrected chi connectivity index (χ4v) is 2.93. The first kappa shape index (κ1) is 15.5. The number of H-pyrrole nitrogens is 1. The van der Waals surface area contributed by atoms with Gasteiger partial charge >= 0.3 is 0 Å². The van der Waals surface area contributed by atoms with E-state index in [1.165, 1.54) is 22.3 Å². The minimum atomic E-state index is 0.418. The Bertz CT molecular complexity index is 713. The van der Waals surface area contributed by atoms with Crippen LogP contribution >= 0.6 is 0 Å². The van der Waals surface area contributed by atoms with Crippen LogP contribution in [0.5, 0.6) is 0 Å². The molecule has 0 aliphatic heterocycles. The molecule has 1 heterocycles. The van der Waals surface area contributed by atoms with Crippen LogP contribution in [0.2, 0.25) is 0 Å². The van der Waals surface area contributed by atoms with E-state index in [1.54, 1.807) is 0 Å². The van der Waals surface area contributed by atoms with Gasteiger partial charge in [-0.3, -0.25) is 5.10 Å². The number of aromatic nitrogens is 2. The SMILES string of the molecule is CNCCC(c1ccc(C)cc1)c1ccc(-c2cn[nH]c2)cc1. The standard InChI is InChI=1S/C20H23N3/c1-15-3-5-17(6-4-15)20(11-12-21-2)18-9-7-16(8-10-18)19-13-22-23-14-19/h3-10,13-14,20-21H,11-12H2,1-2H3,(H,22,23). The number of aryl methyl sites for hydroxylation is 1. The van der Waals surface area contributed by atoms with Crippen LogP contribution in [0.15, 0.2) is 60.9 Å². The normalized spacial score (nSPS) is 12.3. The summed E-state index contributed by atoms with van der Waals surface area (Å²) >= 11 is 0. The molecule has 1 aromatic heterocycles. The van der Waals surface area contributed by atoms with Crippen molar-refractivity contribution in [1.29, 1.82) is 0 Å². The predicted octanol–water partition coefficient (Wildman–Crippen LogP) is 4.13. The van der Waals surface area contributed by atoms with Gasteiger partial charge in [-0.25, -0.2) is 0 Å². The summed E-state index contributed by atoms with van der Waals surface area (Å²) in [7, 11) is 2.01. The molecule has 1 unspecified atom stereocenters. The lowest BCUT2D eigenvalue weighted by Crippen LogP contribution is -2.13. The van der Waals surface area contributed by atoms with E-state index in [1.807, 2.05) is 19.4 Å². The van der Waals surface area contributed by atoms with Gasteiger partial charge in [0.2, 0.25) is 0 Å². The van der Waals surface area contributed by atoms with Gasteiger partial charge in [0.15, 0.2) is 0 Å². The maximum atomic E-state index is 4.02. The summed E-state index contributed by atoms with van der Waals surface area (Å²) in [6, 6.07) is 17.7. The van der Waals surface area contributed by atoms with Crippen molar-refractivity contribution in [2.75, 3.05) is 13.6 Å². The van der Waals surface area contributed by atoms with Gasteiger partial charge in [0, 0.05) is 17.7 Å². The molecule has 0 bridgehead atoms. The first-order chi connectivity index (χ1) is 11.3. The summed E-state index contributed by atoms with van der Waals surface area (Å²) in [5.74, 6) is 0.418. The van der Waals surface area contributed by atoms with Crippen LogP contribution in [0.3, 0.4) is 0 Å². The topological polar surface area (TPSA) is 40.7 Å². The van der Waals surface area contributed by atoms with Gasteiger partial charge in [-0.1, -0.05) is 54.1 Å². The second-order valence-corrected chi connectivity index (χ2v) is 5.96. The minimum absolute atomic E-state index is 0.418. The molecule has 0 saturated carbocycles. The van der Waals surface area contributed by atoms with E-state index in [4.69, 9.17) is 0 Å². The molecule has 3 nitrogen and oxygen atoms in total. The van der Waals surface area contributed by atoms with Gasteiger partial charge in [-0.05, 0) is 43.6 Å². The number of rotatable bonds is 6. The Kier molecular flexibility index (Phi) is 4.89. The van der Waals surface area contributed by atoms with E-state index in [2.05, 4.69) is 71.0 Å². The molecular formula is C20H23N3. The van der Waals surface area contributed by atoms with Crippen LogP contribution in [0, 0.1) is 6.92 Å². The molecule has 3 aromatic rings. The van der Waals surface area contributed by atoms with E-state index in [-0.39, 0.29) is 0 Å². The number of hydrogen-bond donors (Lipinski definition) is 2. The van der Waals surface area contributed by atoms with Gasteiger partial charge < -0.3 is 5.32 Å². The fourth-order valence-electron chi connectivity index (χ4n) is 2.93. The van der Waals surface area contributed by atoms with Crippen molar-refractivity contribution in [2.45, 2.75) is 19.3 Å². The molecule has 0 saturated heterocycles. The minimum Gasteiger partial charge on any atom is -0.320 e. The fraction of sp³-hybridized carbons (Fsp3) is 0.250. The second-order valence-electron chi connectivity index (χ2n) is 5.96. The molecule has 0 spiro atoms. The molecule has 0 fully saturated rings. The van der Waals surface area contributed by atoms with Gasteiger partial charge in [0.1, 0.15) is 0 Å². The summed E-state index contributed by atoms with van der Waals surface area (Å²) in [6.45, 7) is 3.13. The highest BCUT2D eigenvalue weighted by Gasteiger charge is 2.14. The van der Waals surface area contributed by atoms with Gasteiger partial charge in [0.05, 0.1) is 6.20 Å². The van der Waals surface area contributed by atoms with Crippen LogP contribution < -0.4 is 5.32 Å². The zero-order chi connectivity index (χ0) is 16.1. The summed E-state index contributed by atoms with van der Waals surface area (Å²) in [5.41, 5.74) is 6.35. The van der Waals surface area contributed by atoms with Gasteiger partial charge in [-0.2, -0.15) is 5.10 Å². The summed E-state index contributed by atoms with van der Waals surface area (Å²) in [4.78, 5) is 0. The summed E-state index contributed by atoms with van der Waals surface area (Å²) in [6.07, 6.45) is 4.87.